The molecule has 0 bridgehead atoms. The second kappa shape index (κ2) is 5.77. The third-order valence-electron chi connectivity index (χ3n) is 2.73. The maximum absolute atomic E-state index is 12.6. The number of hydrogen-bond donors (Lipinski definition) is 1. The first-order valence-electron chi connectivity index (χ1n) is 5.45. The van der Waals surface area contributed by atoms with E-state index in [0.29, 0.717) is 16.8 Å². The van der Waals surface area contributed by atoms with Crippen LogP contribution in [0, 0.1) is 6.92 Å². The first-order valence-corrected chi connectivity index (χ1v) is 7.83. The van der Waals surface area contributed by atoms with Gasteiger partial charge in [0.15, 0.2) is 5.78 Å². The summed E-state index contributed by atoms with van der Waals surface area (Å²) in [6.07, 6.45) is 0. The molecule has 2 aromatic carbocycles. The minimum Gasteiger partial charge on any atom is -0.399 e. The van der Waals surface area contributed by atoms with Gasteiger partial charge in [0.05, 0.1) is 0 Å². The average Bonchev–Trinajstić information content (AvgIpc) is 2.36. The summed E-state index contributed by atoms with van der Waals surface area (Å²) in [5, 5.41) is 0. The van der Waals surface area contributed by atoms with Crippen molar-refractivity contribution in [2.24, 2.45) is 0 Å². The molecule has 5 heteroatoms. The minimum atomic E-state index is -0.0771. The number of benzene rings is 2. The standard InChI is InChI=1S/C14H10Br3NO/c1-7-4-13(17)10(6-12(7)16)14(19)9-5-8(18)2-3-11(9)15/h2-6H,18H2,1H3. The fourth-order valence-electron chi connectivity index (χ4n) is 1.68. The monoisotopic (exact) mass is 445 g/mol. The summed E-state index contributed by atoms with van der Waals surface area (Å²) in [5.41, 5.74) is 8.52. The number of aryl methyl sites for hydroxylation is 1. The Balaban J connectivity index is 2.56. The van der Waals surface area contributed by atoms with E-state index in [0.717, 1.165) is 19.0 Å². The summed E-state index contributed by atoms with van der Waals surface area (Å²) >= 11 is 10.3. The molecule has 0 unspecified atom stereocenters. The van der Waals surface area contributed by atoms with Crippen LogP contribution in [0.5, 0.6) is 0 Å². The molecule has 0 aliphatic rings. The van der Waals surface area contributed by atoms with Crippen molar-refractivity contribution in [3.63, 3.8) is 0 Å². The van der Waals surface area contributed by atoms with Gasteiger partial charge in [-0.05, 0) is 42.8 Å². The van der Waals surface area contributed by atoms with Crippen LogP contribution in [-0.4, -0.2) is 5.78 Å². The summed E-state index contributed by atoms with van der Waals surface area (Å²) in [5.74, 6) is -0.0771. The van der Waals surface area contributed by atoms with Gasteiger partial charge in [0.2, 0.25) is 0 Å². The van der Waals surface area contributed by atoms with Crippen molar-refractivity contribution >= 4 is 59.3 Å². The number of nitrogen functional groups attached to an aromatic ring is 1. The van der Waals surface area contributed by atoms with Crippen molar-refractivity contribution in [2.75, 3.05) is 5.73 Å². The zero-order valence-corrected chi connectivity index (χ0v) is 14.8. The summed E-state index contributed by atoms with van der Waals surface area (Å²) in [6, 6.07) is 8.93. The second-order valence-corrected chi connectivity index (χ2v) is 6.71. The summed E-state index contributed by atoms with van der Waals surface area (Å²) in [7, 11) is 0. The van der Waals surface area contributed by atoms with Crippen LogP contribution in [0.2, 0.25) is 0 Å². The molecule has 0 radical (unpaired) electrons. The zero-order valence-electron chi connectivity index (χ0n) is 10.0. The molecule has 2 nitrogen and oxygen atoms in total. The van der Waals surface area contributed by atoms with Crippen molar-refractivity contribution in [1.29, 1.82) is 0 Å². The molecule has 0 aliphatic heterocycles. The van der Waals surface area contributed by atoms with Crippen molar-refractivity contribution in [3.05, 3.63) is 60.4 Å². The second-order valence-electron chi connectivity index (χ2n) is 4.15. The number of nitrogens with two attached hydrogens (primary N) is 1. The number of carbonyl (C=O) groups excluding carboxylic acids is 1. The highest BCUT2D eigenvalue weighted by atomic mass is 79.9. The van der Waals surface area contributed by atoms with Crippen LogP contribution in [0.3, 0.4) is 0 Å². The number of hydrogen-bond acceptors (Lipinski definition) is 2. The highest BCUT2D eigenvalue weighted by Gasteiger charge is 2.17. The fraction of sp³-hybridized carbons (Fsp3) is 0.0714. The predicted molar refractivity (Wildman–Crippen MR) is 88.6 cm³/mol. The molecule has 0 heterocycles. The van der Waals surface area contributed by atoms with E-state index in [2.05, 4.69) is 47.8 Å². The lowest BCUT2D eigenvalue weighted by atomic mass is 10.0. The predicted octanol–water partition coefficient (Wildman–Crippen LogP) is 5.10. The van der Waals surface area contributed by atoms with Crippen LogP contribution in [0.4, 0.5) is 5.69 Å². The number of halogens is 3. The third kappa shape index (κ3) is 3.09. The number of rotatable bonds is 2. The van der Waals surface area contributed by atoms with Gasteiger partial charge in [0.25, 0.3) is 0 Å². The molecular formula is C14H10Br3NO. The Morgan fingerprint density at radius 3 is 2.26 bits per heavy atom. The Hall–Kier alpha value is -0.650. The van der Waals surface area contributed by atoms with E-state index in [1.165, 1.54) is 0 Å². The Morgan fingerprint density at radius 1 is 0.947 bits per heavy atom. The van der Waals surface area contributed by atoms with Gasteiger partial charge >= 0.3 is 0 Å². The molecule has 0 saturated heterocycles. The van der Waals surface area contributed by atoms with E-state index >= 15 is 0 Å². The van der Waals surface area contributed by atoms with E-state index in [9.17, 15) is 4.79 Å². The number of carbonyl (C=O) groups is 1. The van der Waals surface area contributed by atoms with E-state index in [-0.39, 0.29) is 5.78 Å². The quantitative estimate of drug-likeness (QED) is 0.514. The maximum Gasteiger partial charge on any atom is 0.195 e. The molecule has 98 valence electrons. The van der Waals surface area contributed by atoms with Crippen molar-refractivity contribution in [3.8, 4) is 0 Å². The van der Waals surface area contributed by atoms with Gasteiger partial charge in [-0.3, -0.25) is 4.79 Å². The SMILES string of the molecule is Cc1cc(Br)c(C(=O)c2cc(N)ccc2Br)cc1Br. The first-order chi connectivity index (χ1) is 8.90. The van der Waals surface area contributed by atoms with E-state index < -0.39 is 0 Å². The van der Waals surface area contributed by atoms with Crippen LogP contribution in [0.1, 0.15) is 21.5 Å². The third-order valence-corrected chi connectivity index (χ3v) is 4.93. The summed E-state index contributed by atoms with van der Waals surface area (Å²) < 4.78 is 2.40. The van der Waals surface area contributed by atoms with Crippen molar-refractivity contribution in [1.82, 2.24) is 0 Å². The van der Waals surface area contributed by atoms with Crippen molar-refractivity contribution < 1.29 is 4.79 Å². The van der Waals surface area contributed by atoms with Gasteiger partial charge in [-0.25, -0.2) is 0 Å². The highest BCUT2D eigenvalue weighted by molar-refractivity contribution is 9.11. The van der Waals surface area contributed by atoms with E-state index in [1.807, 2.05) is 19.1 Å². The smallest absolute Gasteiger partial charge is 0.195 e. The van der Waals surface area contributed by atoms with E-state index in [1.54, 1.807) is 18.2 Å². The normalized spacial score (nSPS) is 10.5. The molecule has 19 heavy (non-hydrogen) atoms. The topological polar surface area (TPSA) is 43.1 Å². The van der Waals surface area contributed by atoms with Crippen LogP contribution in [0.25, 0.3) is 0 Å². The molecule has 0 atom stereocenters. The molecule has 0 aliphatic carbocycles. The molecule has 0 aromatic heterocycles. The molecular weight excluding hydrogens is 438 g/mol. The minimum absolute atomic E-state index is 0.0771. The lowest BCUT2D eigenvalue weighted by Crippen LogP contribution is -2.05. The van der Waals surface area contributed by atoms with Gasteiger partial charge in [0, 0.05) is 30.2 Å². The molecule has 0 saturated carbocycles. The Morgan fingerprint density at radius 2 is 1.58 bits per heavy atom. The Labute approximate surface area is 136 Å². The molecule has 2 N–H and O–H groups in total. The number of anilines is 1. The Kier molecular flexibility index (Phi) is 4.48. The molecule has 0 spiro atoms. The van der Waals surface area contributed by atoms with Crippen molar-refractivity contribution in [2.45, 2.75) is 6.92 Å². The Bertz CT molecular complexity index is 668. The van der Waals surface area contributed by atoms with Crippen LogP contribution in [-0.2, 0) is 0 Å². The van der Waals surface area contributed by atoms with Gasteiger partial charge in [-0.1, -0.05) is 47.8 Å². The maximum atomic E-state index is 12.6. The zero-order chi connectivity index (χ0) is 14.2. The lowest BCUT2D eigenvalue weighted by molar-refractivity contribution is 0.103. The summed E-state index contributed by atoms with van der Waals surface area (Å²) in [6.45, 7) is 1.97. The summed E-state index contributed by atoms with van der Waals surface area (Å²) in [4.78, 5) is 12.6. The van der Waals surface area contributed by atoms with Crippen LogP contribution in [0.15, 0.2) is 43.7 Å². The van der Waals surface area contributed by atoms with E-state index in [4.69, 9.17) is 5.73 Å². The first kappa shape index (κ1) is 14.8. The largest absolute Gasteiger partial charge is 0.399 e. The van der Waals surface area contributed by atoms with Gasteiger partial charge in [0.1, 0.15) is 0 Å². The fourth-order valence-corrected chi connectivity index (χ4v) is 3.09. The molecule has 2 aromatic rings. The van der Waals surface area contributed by atoms with Crippen LogP contribution < -0.4 is 5.73 Å². The molecule has 0 fully saturated rings. The molecule has 2 rings (SSSR count). The van der Waals surface area contributed by atoms with Gasteiger partial charge < -0.3 is 5.73 Å². The molecule has 0 amide bonds. The highest BCUT2D eigenvalue weighted by Crippen LogP contribution is 2.30. The van der Waals surface area contributed by atoms with Crippen LogP contribution >= 0.6 is 47.8 Å². The lowest BCUT2D eigenvalue weighted by Gasteiger charge is -2.09. The number of ketones is 1. The average molecular weight is 448 g/mol. The van der Waals surface area contributed by atoms with Gasteiger partial charge in [-0.15, -0.1) is 0 Å². The van der Waals surface area contributed by atoms with Gasteiger partial charge in [-0.2, -0.15) is 0 Å².